The first-order chi connectivity index (χ1) is 15.0. The van der Waals surface area contributed by atoms with Crippen LogP contribution in [0.15, 0.2) is 65.5 Å². The summed E-state index contributed by atoms with van der Waals surface area (Å²) in [6.07, 6.45) is 0.365. The number of hydrogen-bond acceptors (Lipinski definition) is 5. The molecule has 31 heavy (non-hydrogen) atoms. The van der Waals surface area contributed by atoms with Crippen LogP contribution in [0.25, 0.3) is 5.69 Å². The number of nitrogens with zero attached hydrogens (tertiary/aromatic N) is 4. The van der Waals surface area contributed by atoms with Crippen LogP contribution in [-0.4, -0.2) is 53.9 Å². The molecule has 2 heterocycles. The number of benzene rings is 2. The maximum Gasteiger partial charge on any atom is 0.271 e. The maximum atomic E-state index is 12.7. The molecule has 0 N–H and O–H groups in total. The molecule has 1 aromatic heterocycles. The van der Waals surface area contributed by atoms with Crippen molar-refractivity contribution in [2.75, 3.05) is 38.2 Å². The zero-order chi connectivity index (χ0) is 21.8. The molecule has 3 aromatic rings. The molecule has 0 radical (unpaired) electrons. The van der Waals surface area contributed by atoms with Crippen LogP contribution in [0.3, 0.4) is 0 Å². The van der Waals surface area contributed by atoms with Gasteiger partial charge < -0.3 is 14.5 Å². The molecule has 0 bridgehead atoms. The molecule has 1 aliphatic rings. The zero-order valence-corrected chi connectivity index (χ0v) is 18.0. The third kappa shape index (κ3) is 4.88. The van der Waals surface area contributed by atoms with Gasteiger partial charge in [0.15, 0.2) is 0 Å². The van der Waals surface area contributed by atoms with Crippen LogP contribution in [-0.2, 0) is 11.2 Å². The molecular formula is C23H23ClN4O3. The highest BCUT2D eigenvalue weighted by Gasteiger charge is 2.22. The lowest BCUT2D eigenvalue weighted by Gasteiger charge is -2.35. The summed E-state index contributed by atoms with van der Waals surface area (Å²) in [5, 5.41) is 5.12. The van der Waals surface area contributed by atoms with Gasteiger partial charge in [-0.25, -0.2) is 0 Å². The molecule has 0 atom stereocenters. The predicted molar refractivity (Wildman–Crippen MR) is 120 cm³/mol. The standard InChI is InChI=1S/C23H23ClN4O3/c1-31-20-8-2-17(3-9-20)16-23(30)27-14-12-26(13-15-27)21-10-11-22(29)28(25-21)19-6-4-18(24)5-7-19/h2-11H,12-16H2,1H3. The molecule has 4 rings (SSSR count). The molecule has 7 nitrogen and oxygen atoms in total. The summed E-state index contributed by atoms with van der Waals surface area (Å²) < 4.78 is 6.53. The van der Waals surface area contributed by atoms with E-state index < -0.39 is 0 Å². The Bertz CT molecular complexity index is 1100. The van der Waals surface area contributed by atoms with Crippen molar-refractivity contribution >= 4 is 23.3 Å². The predicted octanol–water partition coefficient (Wildman–Crippen LogP) is 2.79. The van der Waals surface area contributed by atoms with E-state index in [9.17, 15) is 9.59 Å². The van der Waals surface area contributed by atoms with Crippen molar-refractivity contribution in [3.05, 3.63) is 81.6 Å². The molecular weight excluding hydrogens is 416 g/mol. The molecule has 2 aromatic carbocycles. The number of piperazine rings is 1. The summed E-state index contributed by atoms with van der Waals surface area (Å²) >= 11 is 5.94. The fraction of sp³-hybridized carbons (Fsp3) is 0.261. The topological polar surface area (TPSA) is 67.7 Å². The zero-order valence-electron chi connectivity index (χ0n) is 17.2. The first-order valence-corrected chi connectivity index (χ1v) is 10.4. The third-order valence-electron chi connectivity index (χ3n) is 5.33. The Balaban J connectivity index is 1.40. The van der Waals surface area contributed by atoms with Gasteiger partial charge in [-0.05, 0) is 48.0 Å². The van der Waals surface area contributed by atoms with Crippen LogP contribution in [0.2, 0.25) is 5.02 Å². The molecule has 0 saturated carbocycles. The molecule has 0 unspecified atom stereocenters. The highest BCUT2D eigenvalue weighted by Crippen LogP contribution is 2.17. The molecule has 0 aliphatic carbocycles. The average molecular weight is 439 g/mol. The minimum atomic E-state index is -0.209. The van der Waals surface area contributed by atoms with E-state index in [1.54, 1.807) is 37.4 Å². The Hall–Kier alpha value is -3.32. The molecule has 1 fully saturated rings. The van der Waals surface area contributed by atoms with Gasteiger partial charge in [-0.1, -0.05) is 23.7 Å². The molecule has 8 heteroatoms. The minimum Gasteiger partial charge on any atom is -0.497 e. The quantitative estimate of drug-likeness (QED) is 0.612. The Kier molecular flexibility index (Phi) is 6.23. The van der Waals surface area contributed by atoms with E-state index in [1.807, 2.05) is 29.2 Å². The average Bonchev–Trinajstić information content (AvgIpc) is 2.81. The summed E-state index contributed by atoms with van der Waals surface area (Å²) in [7, 11) is 1.62. The Morgan fingerprint density at radius 2 is 1.65 bits per heavy atom. The van der Waals surface area contributed by atoms with Gasteiger partial charge in [-0.2, -0.15) is 4.68 Å². The van der Waals surface area contributed by atoms with Crippen molar-refractivity contribution in [2.24, 2.45) is 0 Å². The smallest absolute Gasteiger partial charge is 0.271 e. The summed E-state index contributed by atoms with van der Waals surface area (Å²) in [6.45, 7) is 2.52. The highest BCUT2D eigenvalue weighted by molar-refractivity contribution is 6.30. The van der Waals surface area contributed by atoms with E-state index in [0.717, 1.165) is 11.3 Å². The lowest BCUT2D eigenvalue weighted by molar-refractivity contribution is -0.130. The van der Waals surface area contributed by atoms with Crippen LogP contribution in [0.4, 0.5) is 5.82 Å². The molecule has 160 valence electrons. The number of amides is 1. The summed E-state index contributed by atoms with van der Waals surface area (Å²) in [4.78, 5) is 28.9. The van der Waals surface area contributed by atoms with Crippen molar-refractivity contribution in [1.82, 2.24) is 14.7 Å². The van der Waals surface area contributed by atoms with Gasteiger partial charge in [0.1, 0.15) is 11.6 Å². The van der Waals surface area contributed by atoms with Gasteiger partial charge in [-0.3, -0.25) is 9.59 Å². The fourth-order valence-corrected chi connectivity index (χ4v) is 3.68. The van der Waals surface area contributed by atoms with Crippen LogP contribution >= 0.6 is 11.6 Å². The van der Waals surface area contributed by atoms with Crippen LogP contribution in [0.5, 0.6) is 5.75 Å². The number of hydrogen-bond donors (Lipinski definition) is 0. The van der Waals surface area contributed by atoms with Crippen LogP contribution in [0, 0.1) is 0 Å². The number of ether oxygens (including phenoxy) is 1. The Morgan fingerprint density at radius 3 is 2.29 bits per heavy atom. The second-order valence-electron chi connectivity index (χ2n) is 7.31. The molecule has 0 spiro atoms. The highest BCUT2D eigenvalue weighted by atomic mass is 35.5. The van der Waals surface area contributed by atoms with Crippen LogP contribution in [0.1, 0.15) is 5.56 Å². The molecule has 1 aliphatic heterocycles. The van der Waals surface area contributed by atoms with Gasteiger partial charge in [-0.15, -0.1) is 5.10 Å². The van der Waals surface area contributed by atoms with Crippen LogP contribution < -0.4 is 15.2 Å². The van der Waals surface area contributed by atoms with Gasteiger partial charge in [0.05, 0.1) is 19.2 Å². The number of rotatable bonds is 5. The van der Waals surface area contributed by atoms with E-state index >= 15 is 0 Å². The minimum absolute atomic E-state index is 0.101. The first-order valence-electron chi connectivity index (χ1n) is 10.1. The second kappa shape index (κ2) is 9.22. The number of methoxy groups -OCH3 is 1. The SMILES string of the molecule is COc1ccc(CC(=O)N2CCN(c3ccc(=O)n(-c4ccc(Cl)cc4)n3)CC2)cc1. The van der Waals surface area contributed by atoms with Crippen molar-refractivity contribution in [3.63, 3.8) is 0 Å². The number of aromatic nitrogens is 2. The molecule has 1 amide bonds. The fourth-order valence-electron chi connectivity index (χ4n) is 3.55. The van der Waals surface area contributed by atoms with Gasteiger partial charge in [0.25, 0.3) is 5.56 Å². The van der Waals surface area contributed by atoms with Crippen molar-refractivity contribution in [2.45, 2.75) is 6.42 Å². The monoisotopic (exact) mass is 438 g/mol. The number of carbonyl (C=O) groups is 1. The number of carbonyl (C=O) groups excluding carboxylic acids is 1. The van der Waals surface area contributed by atoms with E-state index in [0.29, 0.717) is 49.1 Å². The molecule has 1 saturated heterocycles. The third-order valence-corrected chi connectivity index (χ3v) is 5.58. The first kappa shape index (κ1) is 20.9. The van der Waals surface area contributed by atoms with Gasteiger partial charge in [0, 0.05) is 37.3 Å². The largest absolute Gasteiger partial charge is 0.497 e. The van der Waals surface area contributed by atoms with E-state index in [-0.39, 0.29) is 11.5 Å². The van der Waals surface area contributed by atoms with Crippen molar-refractivity contribution < 1.29 is 9.53 Å². The summed E-state index contributed by atoms with van der Waals surface area (Å²) in [6, 6.07) is 17.8. The van der Waals surface area contributed by atoms with Gasteiger partial charge >= 0.3 is 0 Å². The number of anilines is 1. The second-order valence-corrected chi connectivity index (χ2v) is 7.75. The van der Waals surface area contributed by atoms with Crippen molar-refractivity contribution in [1.29, 1.82) is 0 Å². The van der Waals surface area contributed by atoms with Gasteiger partial charge in [0.2, 0.25) is 5.91 Å². The van der Waals surface area contributed by atoms with E-state index in [1.165, 1.54) is 10.7 Å². The number of halogens is 1. The normalized spacial score (nSPS) is 13.9. The summed E-state index contributed by atoms with van der Waals surface area (Å²) in [5.41, 5.74) is 1.41. The lowest BCUT2D eigenvalue weighted by Crippen LogP contribution is -2.49. The Morgan fingerprint density at radius 1 is 0.968 bits per heavy atom. The summed E-state index contributed by atoms with van der Waals surface area (Å²) in [5.74, 6) is 1.58. The van der Waals surface area contributed by atoms with E-state index in [2.05, 4.69) is 10.00 Å². The maximum absolute atomic E-state index is 12.7. The van der Waals surface area contributed by atoms with Crippen molar-refractivity contribution in [3.8, 4) is 11.4 Å². The van der Waals surface area contributed by atoms with E-state index in [4.69, 9.17) is 16.3 Å². The lowest BCUT2D eigenvalue weighted by atomic mass is 10.1. The Labute approximate surface area is 185 Å².